The molecule has 0 bridgehead atoms. The second kappa shape index (κ2) is 18.0. The highest BCUT2D eigenvalue weighted by Crippen LogP contribution is 2.32. The molecule has 1 aromatic carbocycles. The lowest BCUT2D eigenvalue weighted by molar-refractivity contribution is -0.152. The number of fused-ring (bicyclic) bond motifs is 1. The van der Waals surface area contributed by atoms with Gasteiger partial charge in [0.25, 0.3) is 10.2 Å². The van der Waals surface area contributed by atoms with E-state index in [4.69, 9.17) is 14.5 Å². The van der Waals surface area contributed by atoms with Crippen molar-refractivity contribution >= 4 is 38.5 Å². The van der Waals surface area contributed by atoms with Crippen molar-refractivity contribution in [3.05, 3.63) is 41.8 Å². The molecule has 3 aromatic rings. The molecule has 1 fully saturated rings. The van der Waals surface area contributed by atoms with Gasteiger partial charge in [0.05, 0.1) is 27.9 Å². The highest BCUT2D eigenvalue weighted by atomic mass is 32.2. The molecule has 3 N–H and O–H groups in total. The maximum absolute atomic E-state index is 11.1. The average Bonchev–Trinajstić information content (AvgIpc) is 3.52. The minimum atomic E-state index is -3.47. The van der Waals surface area contributed by atoms with Crippen LogP contribution in [0.3, 0.4) is 0 Å². The Bertz CT molecular complexity index is 1240. The lowest BCUT2D eigenvalue weighted by Crippen LogP contribution is -2.35. The van der Waals surface area contributed by atoms with E-state index < -0.39 is 10.2 Å². The zero-order valence-corrected chi connectivity index (χ0v) is 24.6. The molecule has 2 aromatic heterocycles. The van der Waals surface area contributed by atoms with Crippen LogP contribution in [0.5, 0.6) is 5.88 Å². The van der Waals surface area contributed by atoms with Gasteiger partial charge in [-0.15, -0.1) is 11.3 Å². The van der Waals surface area contributed by atoms with Crippen molar-refractivity contribution in [3.63, 3.8) is 0 Å². The number of nitrogens with one attached hydrogen (secondary N) is 1. The summed E-state index contributed by atoms with van der Waals surface area (Å²) < 4.78 is 33.4. The third-order valence-corrected chi connectivity index (χ3v) is 6.77. The van der Waals surface area contributed by atoms with Gasteiger partial charge in [-0.3, -0.25) is 4.79 Å². The fourth-order valence-electron chi connectivity index (χ4n) is 3.50. The first-order valence-electron chi connectivity index (χ1n) is 12.8. The molecule has 0 saturated heterocycles. The van der Waals surface area contributed by atoms with Crippen molar-refractivity contribution in [2.75, 3.05) is 0 Å². The van der Waals surface area contributed by atoms with Gasteiger partial charge in [0.15, 0.2) is 0 Å². The molecule has 0 spiro atoms. The first-order chi connectivity index (χ1) is 17.9. The second-order valence-corrected chi connectivity index (χ2v) is 12.1. The number of carbonyl (C=O) groups is 1. The third kappa shape index (κ3) is 13.6. The molecule has 0 aliphatic heterocycles. The Labute approximate surface area is 245 Å². The molecule has 1 aliphatic rings. The highest BCUT2D eigenvalue weighted by molar-refractivity contribution is 7.87. The van der Waals surface area contributed by atoms with E-state index in [1.54, 1.807) is 25.2 Å². The SMILES string of the molecule is C.C.CC(C)C(=O)OC1CCCC1.CC(C)NS(N)(=O)=O.CC(C)Oc1nc2ccccc2nc1-c1cccs1. The van der Waals surface area contributed by atoms with E-state index in [0.717, 1.165) is 34.4 Å². The average molecular weight is 597 g/mol. The number of rotatable bonds is 7. The molecular weight excluding hydrogens is 548 g/mol. The zero-order valence-electron chi connectivity index (χ0n) is 23.0. The fourth-order valence-corrected chi connectivity index (χ4v) is 4.86. The monoisotopic (exact) mass is 596 g/mol. The van der Waals surface area contributed by atoms with Gasteiger partial charge in [-0.25, -0.2) is 15.1 Å². The number of aromatic nitrogens is 2. The summed E-state index contributed by atoms with van der Waals surface area (Å²) >= 11 is 1.64. The summed E-state index contributed by atoms with van der Waals surface area (Å²) in [6.45, 7) is 11.1. The van der Waals surface area contributed by atoms with Crippen LogP contribution in [0.4, 0.5) is 0 Å². The summed E-state index contributed by atoms with van der Waals surface area (Å²) in [6.07, 6.45) is 4.88. The summed E-state index contributed by atoms with van der Waals surface area (Å²) in [4.78, 5) is 21.4. The number of benzene rings is 1. The van der Waals surface area contributed by atoms with Crippen molar-refractivity contribution in [2.24, 2.45) is 11.1 Å². The third-order valence-electron chi connectivity index (χ3n) is 5.10. The zero-order chi connectivity index (χ0) is 28.3. The number of hydrogen-bond acceptors (Lipinski definition) is 8. The number of hydrogen-bond donors (Lipinski definition) is 2. The number of esters is 1. The van der Waals surface area contributed by atoms with Crippen LogP contribution in [-0.4, -0.2) is 42.6 Å². The summed E-state index contributed by atoms with van der Waals surface area (Å²) in [5.74, 6) is 0.587. The molecule has 1 saturated carbocycles. The lowest BCUT2D eigenvalue weighted by atomic mass is 10.2. The fraction of sp³-hybridized carbons (Fsp3) is 0.552. The highest BCUT2D eigenvalue weighted by Gasteiger charge is 2.20. The quantitative estimate of drug-likeness (QED) is 0.289. The van der Waals surface area contributed by atoms with Gasteiger partial charge in [-0.05, 0) is 77.0 Å². The number of para-hydroxylation sites is 2. The maximum Gasteiger partial charge on any atom is 0.308 e. The Morgan fingerprint density at radius 3 is 1.98 bits per heavy atom. The van der Waals surface area contributed by atoms with Gasteiger partial charge >= 0.3 is 5.97 Å². The smallest absolute Gasteiger partial charge is 0.308 e. The van der Waals surface area contributed by atoms with E-state index in [2.05, 4.69) is 14.8 Å². The van der Waals surface area contributed by atoms with Crippen molar-refractivity contribution in [1.82, 2.24) is 14.7 Å². The Kier molecular flexibility index (Phi) is 16.8. The van der Waals surface area contributed by atoms with Gasteiger partial charge < -0.3 is 9.47 Å². The molecule has 11 heteroatoms. The van der Waals surface area contributed by atoms with Gasteiger partial charge in [-0.2, -0.15) is 13.1 Å². The standard InChI is InChI=1S/C15H14N2OS.C9H16O2.C3H10N2O2S.2CH4/c1-10(2)18-15-14(13-8-5-9-19-13)16-11-6-3-4-7-12(11)17-15;1-7(2)9(10)11-8-5-3-4-6-8;1-3(2)5-8(4,6)7;;/h3-10H,1-2H3;7-8H,3-6H2,1-2H3;3,5H,1-2H3,(H2,4,6,7);2*1H4. The number of carbonyl (C=O) groups excluding carboxylic acids is 1. The predicted octanol–water partition coefficient (Wildman–Crippen LogP) is 6.73. The molecule has 2 heterocycles. The van der Waals surface area contributed by atoms with E-state index in [0.29, 0.717) is 5.88 Å². The number of ether oxygens (including phenoxy) is 2. The molecule has 0 atom stereocenters. The van der Waals surface area contributed by atoms with Crippen molar-refractivity contribution < 1.29 is 22.7 Å². The minimum absolute atomic E-state index is 0. The predicted molar refractivity (Wildman–Crippen MR) is 167 cm³/mol. The maximum atomic E-state index is 11.1. The van der Waals surface area contributed by atoms with E-state index in [-0.39, 0.29) is 45.0 Å². The van der Waals surface area contributed by atoms with E-state index in [1.807, 2.05) is 69.5 Å². The first-order valence-corrected chi connectivity index (χ1v) is 15.3. The summed E-state index contributed by atoms with van der Waals surface area (Å²) in [6, 6.07) is 11.8. The van der Waals surface area contributed by atoms with Crippen LogP contribution in [0.25, 0.3) is 21.6 Å². The summed E-state index contributed by atoms with van der Waals surface area (Å²) in [5.41, 5.74) is 2.57. The molecule has 9 nitrogen and oxygen atoms in total. The van der Waals surface area contributed by atoms with Crippen molar-refractivity contribution in [2.45, 2.75) is 100 Å². The second-order valence-electron chi connectivity index (χ2n) is 9.83. The molecule has 226 valence electrons. The van der Waals surface area contributed by atoms with E-state index >= 15 is 0 Å². The minimum Gasteiger partial charge on any atom is -0.473 e. The van der Waals surface area contributed by atoms with Gasteiger partial charge in [0, 0.05) is 6.04 Å². The lowest BCUT2D eigenvalue weighted by Gasteiger charge is -2.12. The molecule has 0 radical (unpaired) electrons. The summed E-state index contributed by atoms with van der Waals surface area (Å²) in [7, 11) is -3.47. The Balaban J connectivity index is 0.000000623. The largest absolute Gasteiger partial charge is 0.473 e. The van der Waals surface area contributed by atoms with Crippen LogP contribution in [-0.2, 0) is 19.7 Å². The number of nitrogens with two attached hydrogens (primary N) is 1. The van der Waals surface area contributed by atoms with Crippen LogP contribution in [0.2, 0.25) is 0 Å². The Morgan fingerprint density at radius 1 is 0.975 bits per heavy atom. The van der Waals surface area contributed by atoms with Gasteiger partial charge in [0.2, 0.25) is 5.88 Å². The van der Waals surface area contributed by atoms with E-state index in [9.17, 15) is 13.2 Å². The number of thiophene rings is 1. The van der Waals surface area contributed by atoms with Crippen LogP contribution in [0.15, 0.2) is 41.8 Å². The van der Waals surface area contributed by atoms with Crippen LogP contribution in [0.1, 0.15) is 82.1 Å². The molecule has 0 amide bonds. The first kappa shape index (κ1) is 37.4. The van der Waals surface area contributed by atoms with Gasteiger partial charge in [0.1, 0.15) is 11.8 Å². The van der Waals surface area contributed by atoms with E-state index in [1.165, 1.54) is 12.8 Å². The van der Waals surface area contributed by atoms with Crippen LogP contribution >= 0.6 is 11.3 Å². The summed E-state index contributed by atoms with van der Waals surface area (Å²) in [5, 5.41) is 6.63. The normalized spacial score (nSPS) is 13.1. The van der Waals surface area contributed by atoms with Crippen molar-refractivity contribution in [3.8, 4) is 16.5 Å². The number of nitrogens with zero attached hydrogens (tertiary/aromatic N) is 2. The molecule has 40 heavy (non-hydrogen) atoms. The van der Waals surface area contributed by atoms with Crippen LogP contribution in [0, 0.1) is 5.92 Å². The molecule has 0 unspecified atom stereocenters. The molecule has 4 rings (SSSR count). The Hall–Kier alpha value is -2.60. The molecule has 1 aliphatic carbocycles. The molecular formula is C29H48N4O5S2. The Morgan fingerprint density at radius 2 is 1.55 bits per heavy atom. The van der Waals surface area contributed by atoms with Crippen LogP contribution < -0.4 is 14.6 Å². The van der Waals surface area contributed by atoms with Crippen molar-refractivity contribution in [1.29, 1.82) is 0 Å². The topological polar surface area (TPSA) is 134 Å². The van der Waals surface area contributed by atoms with Gasteiger partial charge in [-0.1, -0.05) is 46.9 Å².